The lowest BCUT2D eigenvalue weighted by Crippen LogP contribution is -2.28. The lowest BCUT2D eigenvalue weighted by Gasteiger charge is -2.17. The molecule has 4 nitrogen and oxygen atoms in total. The molecule has 1 aromatic rings. The highest BCUT2D eigenvalue weighted by molar-refractivity contribution is 6.37. The van der Waals surface area contributed by atoms with Gasteiger partial charge in [-0.15, -0.1) is 0 Å². The Morgan fingerprint density at radius 3 is 2.71 bits per heavy atom. The fourth-order valence-electron chi connectivity index (χ4n) is 1.66. The molecule has 1 fully saturated rings. The fourth-order valence-corrected chi connectivity index (χ4v) is 2.13. The van der Waals surface area contributed by atoms with Crippen molar-refractivity contribution in [2.24, 2.45) is 0 Å². The van der Waals surface area contributed by atoms with E-state index in [1.54, 1.807) is 17.0 Å². The van der Waals surface area contributed by atoms with E-state index in [0.717, 1.165) is 0 Å². The first-order valence-corrected chi connectivity index (χ1v) is 5.79. The van der Waals surface area contributed by atoms with E-state index in [1.165, 1.54) is 7.11 Å². The van der Waals surface area contributed by atoms with Gasteiger partial charge in [-0.2, -0.15) is 0 Å². The highest BCUT2D eigenvalue weighted by Gasteiger charge is 2.26. The third kappa shape index (κ3) is 2.34. The minimum Gasteiger partial charge on any atom is -0.494 e. The molecule has 92 valence electrons. The second kappa shape index (κ2) is 5.12. The van der Waals surface area contributed by atoms with Crippen LogP contribution in [0.3, 0.4) is 0 Å². The Balaban J connectivity index is 2.42. The Bertz CT molecular complexity index is 445. The smallest absolute Gasteiger partial charge is 0.261 e. The van der Waals surface area contributed by atoms with E-state index >= 15 is 0 Å². The van der Waals surface area contributed by atoms with Gasteiger partial charge < -0.3 is 14.4 Å². The van der Waals surface area contributed by atoms with E-state index in [0.29, 0.717) is 28.9 Å². The summed E-state index contributed by atoms with van der Waals surface area (Å²) in [7, 11) is 1.45. The number of benzene rings is 1. The standard InChI is InChI=1S/C11H11Cl2NO3/c1-16-10-8(13)3-2-7(12)9(10)11(15)14-4-5-17-6-14/h2-3H,4-6H2,1H3. The molecule has 1 amide bonds. The van der Waals surface area contributed by atoms with Crippen molar-refractivity contribution in [2.75, 3.05) is 27.0 Å². The summed E-state index contributed by atoms with van der Waals surface area (Å²) in [5, 5.41) is 0.684. The Hall–Kier alpha value is -0.970. The number of halogens is 2. The summed E-state index contributed by atoms with van der Waals surface area (Å²) >= 11 is 12.0. The van der Waals surface area contributed by atoms with Gasteiger partial charge in [0.25, 0.3) is 5.91 Å². The SMILES string of the molecule is COc1c(Cl)ccc(Cl)c1C(=O)N1CCOC1. The zero-order valence-corrected chi connectivity index (χ0v) is 10.7. The number of ether oxygens (including phenoxy) is 2. The minimum absolute atomic E-state index is 0.230. The predicted octanol–water partition coefficient (Wildman–Crippen LogP) is 2.43. The van der Waals surface area contributed by atoms with Crippen molar-refractivity contribution in [3.63, 3.8) is 0 Å². The van der Waals surface area contributed by atoms with Crippen LogP contribution in [0.4, 0.5) is 0 Å². The van der Waals surface area contributed by atoms with Crippen molar-refractivity contribution >= 4 is 29.1 Å². The van der Waals surface area contributed by atoms with E-state index in [2.05, 4.69) is 0 Å². The Morgan fingerprint density at radius 1 is 1.41 bits per heavy atom. The van der Waals surface area contributed by atoms with E-state index in [4.69, 9.17) is 32.7 Å². The summed E-state index contributed by atoms with van der Waals surface area (Å²) < 4.78 is 10.3. The molecule has 0 bridgehead atoms. The van der Waals surface area contributed by atoms with Gasteiger partial charge in [0.15, 0.2) is 5.75 Å². The average molecular weight is 276 g/mol. The maximum atomic E-state index is 12.2. The van der Waals surface area contributed by atoms with Crippen molar-refractivity contribution in [1.82, 2.24) is 4.90 Å². The molecule has 1 heterocycles. The number of nitrogens with zero attached hydrogens (tertiary/aromatic N) is 1. The summed E-state index contributed by atoms with van der Waals surface area (Å²) in [5.74, 6) is 0.0721. The topological polar surface area (TPSA) is 38.8 Å². The summed E-state index contributed by atoms with van der Waals surface area (Å²) in [6.45, 7) is 1.35. The van der Waals surface area contributed by atoms with Crippen LogP contribution in [0.25, 0.3) is 0 Å². The van der Waals surface area contributed by atoms with Gasteiger partial charge in [0.05, 0.1) is 23.8 Å². The van der Waals surface area contributed by atoms with E-state index in [-0.39, 0.29) is 18.2 Å². The number of hydrogen-bond donors (Lipinski definition) is 0. The van der Waals surface area contributed by atoms with Crippen LogP contribution in [0.1, 0.15) is 10.4 Å². The third-order valence-electron chi connectivity index (χ3n) is 2.52. The van der Waals surface area contributed by atoms with Crippen molar-refractivity contribution < 1.29 is 14.3 Å². The van der Waals surface area contributed by atoms with Gasteiger partial charge in [-0.1, -0.05) is 23.2 Å². The van der Waals surface area contributed by atoms with Gasteiger partial charge in [0.2, 0.25) is 0 Å². The molecule has 0 unspecified atom stereocenters. The van der Waals surface area contributed by atoms with Crippen LogP contribution in [-0.2, 0) is 4.74 Å². The fraction of sp³-hybridized carbons (Fsp3) is 0.364. The van der Waals surface area contributed by atoms with Crippen LogP contribution >= 0.6 is 23.2 Å². The van der Waals surface area contributed by atoms with Crippen LogP contribution in [0.15, 0.2) is 12.1 Å². The van der Waals surface area contributed by atoms with Crippen molar-refractivity contribution in [3.8, 4) is 5.75 Å². The van der Waals surface area contributed by atoms with Crippen LogP contribution in [0.5, 0.6) is 5.75 Å². The normalized spacial score (nSPS) is 15.1. The molecule has 1 aliphatic rings. The maximum Gasteiger partial charge on any atom is 0.261 e. The van der Waals surface area contributed by atoms with Crippen molar-refractivity contribution in [3.05, 3.63) is 27.7 Å². The van der Waals surface area contributed by atoms with E-state index < -0.39 is 0 Å². The summed E-state index contributed by atoms with van der Waals surface area (Å²) in [4.78, 5) is 13.8. The van der Waals surface area contributed by atoms with Gasteiger partial charge in [-0.25, -0.2) is 0 Å². The highest BCUT2D eigenvalue weighted by Crippen LogP contribution is 2.34. The number of carbonyl (C=O) groups excluding carboxylic acids is 1. The molecule has 1 aromatic carbocycles. The lowest BCUT2D eigenvalue weighted by atomic mass is 10.1. The number of hydrogen-bond acceptors (Lipinski definition) is 3. The minimum atomic E-state index is -0.230. The van der Waals surface area contributed by atoms with Crippen molar-refractivity contribution in [2.45, 2.75) is 0 Å². The Kier molecular flexibility index (Phi) is 3.76. The molecule has 1 saturated heterocycles. The van der Waals surface area contributed by atoms with Gasteiger partial charge in [0.1, 0.15) is 12.3 Å². The molecule has 0 aromatic heterocycles. The summed E-state index contributed by atoms with van der Waals surface area (Å²) in [6.07, 6.45) is 0. The van der Waals surface area contributed by atoms with Gasteiger partial charge in [-0.3, -0.25) is 4.79 Å². The van der Waals surface area contributed by atoms with Crippen LogP contribution in [0, 0.1) is 0 Å². The lowest BCUT2D eigenvalue weighted by molar-refractivity contribution is 0.0692. The molecular formula is C11H11Cl2NO3. The van der Waals surface area contributed by atoms with Crippen LogP contribution < -0.4 is 4.74 Å². The highest BCUT2D eigenvalue weighted by atomic mass is 35.5. The van der Waals surface area contributed by atoms with Crippen LogP contribution in [0.2, 0.25) is 10.0 Å². The zero-order valence-electron chi connectivity index (χ0n) is 9.20. The van der Waals surface area contributed by atoms with Crippen molar-refractivity contribution in [1.29, 1.82) is 0 Å². The molecule has 6 heteroatoms. The molecule has 0 N–H and O–H groups in total. The zero-order chi connectivity index (χ0) is 12.4. The monoisotopic (exact) mass is 275 g/mol. The average Bonchev–Trinajstić information content (AvgIpc) is 2.84. The second-order valence-corrected chi connectivity index (χ2v) is 4.36. The van der Waals surface area contributed by atoms with Gasteiger partial charge in [-0.05, 0) is 12.1 Å². The predicted molar refractivity (Wildman–Crippen MR) is 64.9 cm³/mol. The molecule has 0 saturated carbocycles. The van der Waals surface area contributed by atoms with E-state index in [9.17, 15) is 4.79 Å². The first kappa shape index (κ1) is 12.5. The Labute approximate surface area is 109 Å². The number of carbonyl (C=O) groups is 1. The summed E-state index contributed by atoms with van der Waals surface area (Å²) in [5.41, 5.74) is 0.284. The number of amides is 1. The first-order chi connectivity index (χ1) is 8.15. The number of methoxy groups -OCH3 is 1. The summed E-state index contributed by atoms with van der Waals surface area (Å²) in [6, 6.07) is 3.18. The molecular weight excluding hydrogens is 265 g/mol. The molecule has 1 aliphatic heterocycles. The third-order valence-corrected chi connectivity index (χ3v) is 3.13. The van der Waals surface area contributed by atoms with Crippen LogP contribution in [-0.4, -0.2) is 37.8 Å². The quantitative estimate of drug-likeness (QED) is 0.832. The van der Waals surface area contributed by atoms with Gasteiger partial charge >= 0.3 is 0 Å². The Morgan fingerprint density at radius 2 is 2.12 bits per heavy atom. The largest absolute Gasteiger partial charge is 0.494 e. The molecule has 2 rings (SSSR count). The van der Waals surface area contributed by atoms with E-state index in [1.807, 2.05) is 0 Å². The molecule has 0 spiro atoms. The number of rotatable bonds is 2. The molecule has 0 aliphatic carbocycles. The second-order valence-electron chi connectivity index (χ2n) is 3.54. The maximum absolute atomic E-state index is 12.2. The molecule has 0 radical (unpaired) electrons. The van der Waals surface area contributed by atoms with Gasteiger partial charge in [0, 0.05) is 6.54 Å². The first-order valence-electron chi connectivity index (χ1n) is 5.04. The molecule has 0 atom stereocenters. The molecule has 17 heavy (non-hydrogen) atoms.